The highest BCUT2D eigenvalue weighted by atomic mass is 35.5. The molecule has 0 radical (unpaired) electrons. The maximum absolute atomic E-state index is 6.26. The van der Waals surface area contributed by atoms with Crippen LogP contribution >= 0.6 is 11.6 Å². The van der Waals surface area contributed by atoms with Gasteiger partial charge >= 0.3 is 0 Å². The summed E-state index contributed by atoms with van der Waals surface area (Å²) in [6.45, 7) is 6.84. The van der Waals surface area contributed by atoms with Crippen molar-refractivity contribution in [1.82, 2.24) is 0 Å². The number of anilines is 1. The molecule has 2 rings (SSSR count). The summed E-state index contributed by atoms with van der Waals surface area (Å²) in [7, 11) is 0. The number of hydrogen-bond acceptors (Lipinski definition) is 1. The second-order valence-electron chi connectivity index (χ2n) is 6.03. The molecule has 94 valence electrons. The number of hydrogen-bond donors (Lipinski definition) is 1. The fraction of sp³-hybridized carbons (Fsp3) is 0.600. The molecule has 0 aromatic heterocycles. The van der Waals surface area contributed by atoms with Crippen LogP contribution in [0.1, 0.15) is 45.1 Å². The Hall–Kier alpha value is -0.690. The second kappa shape index (κ2) is 4.89. The zero-order valence-electron chi connectivity index (χ0n) is 11.0. The number of halogens is 1. The average molecular weight is 252 g/mol. The maximum atomic E-state index is 6.26. The van der Waals surface area contributed by atoms with Crippen LogP contribution in [-0.2, 0) is 0 Å². The van der Waals surface area contributed by atoms with Crippen molar-refractivity contribution in [2.75, 3.05) is 5.32 Å². The van der Waals surface area contributed by atoms with Gasteiger partial charge in [0.1, 0.15) is 0 Å². The molecule has 1 N–H and O–H groups in total. The summed E-state index contributed by atoms with van der Waals surface area (Å²) in [5.41, 5.74) is 2.82. The lowest BCUT2D eigenvalue weighted by molar-refractivity contribution is 0.229. The monoisotopic (exact) mass is 251 g/mol. The summed E-state index contributed by atoms with van der Waals surface area (Å²) in [6, 6.07) is 6.65. The highest BCUT2D eigenvalue weighted by molar-refractivity contribution is 6.33. The Morgan fingerprint density at radius 2 is 2.12 bits per heavy atom. The van der Waals surface area contributed by atoms with Crippen LogP contribution in [0.3, 0.4) is 0 Å². The largest absolute Gasteiger partial charge is 0.381 e. The molecule has 1 aliphatic carbocycles. The first-order valence-corrected chi connectivity index (χ1v) is 6.87. The Bertz CT molecular complexity index is 378. The first-order valence-electron chi connectivity index (χ1n) is 6.50. The van der Waals surface area contributed by atoms with E-state index in [0.29, 0.717) is 11.5 Å². The zero-order chi connectivity index (χ0) is 12.5. The van der Waals surface area contributed by atoms with Crippen molar-refractivity contribution < 1.29 is 0 Å². The lowest BCUT2D eigenvalue weighted by Gasteiger charge is -2.36. The molecule has 1 nitrogen and oxygen atoms in total. The third kappa shape index (κ3) is 3.16. The van der Waals surface area contributed by atoms with Crippen molar-refractivity contribution in [3.8, 4) is 0 Å². The SMILES string of the molecule is Cc1cccc(Cl)c1NC1CCCC(C)(C)C1. The molecule has 0 spiro atoms. The molecule has 1 saturated carbocycles. The summed E-state index contributed by atoms with van der Waals surface area (Å²) in [4.78, 5) is 0. The smallest absolute Gasteiger partial charge is 0.0640 e. The molecule has 17 heavy (non-hydrogen) atoms. The molecule has 1 aromatic rings. The minimum Gasteiger partial charge on any atom is -0.381 e. The summed E-state index contributed by atoms with van der Waals surface area (Å²) in [5.74, 6) is 0. The van der Waals surface area contributed by atoms with Gasteiger partial charge in [-0.3, -0.25) is 0 Å². The van der Waals surface area contributed by atoms with Crippen molar-refractivity contribution in [1.29, 1.82) is 0 Å². The molecule has 0 saturated heterocycles. The molecule has 1 aliphatic rings. The lowest BCUT2D eigenvalue weighted by atomic mass is 9.75. The average Bonchev–Trinajstić information content (AvgIpc) is 2.22. The molecular weight excluding hydrogens is 230 g/mol. The molecule has 0 heterocycles. The fourth-order valence-corrected chi connectivity index (χ4v) is 3.12. The quantitative estimate of drug-likeness (QED) is 0.778. The summed E-state index contributed by atoms with van der Waals surface area (Å²) < 4.78 is 0. The first kappa shape index (κ1) is 12.8. The number of rotatable bonds is 2. The molecular formula is C15H22ClN. The van der Waals surface area contributed by atoms with E-state index in [-0.39, 0.29) is 0 Å². The van der Waals surface area contributed by atoms with Crippen LogP contribution in [0.5, 0.6) is 0 Å². The van der Waals surface area contributed by atoms with E-state index in [4.69, 9.17) is 11.6 Å². The predicted molar refractivity (Wildman–Crippen MR) is 75.8 cm³/mol. The van der Waals surface area contributed by atoms with Gasteiger partial charge in [-0.15, -0.1) is 0 Å². The van der Waals surface area contributed by atoms with Crippen LogP contribution in [0.25, 0.3) is 0 Å². The van der Waals surface area contributed by atoms with Crippen LogP contribution in [0, 0.1) is 12.3 Å². The van der Waals surface area contributed by atoms with Gasteiger partial charge in [0.05, 0.1) is 10.7 Å². The minimum absolute atomic E-state index is 0.463. The van der Waals surface area contributed by atoms with E-state index >= 15 is 0 Å². The van der Waals surface area contributed by atoms with Gasteiger partial charge in [0.25, 0.3) is 0 Å². The van der Waals surface area contributed by atoms with Crippen LogP contribution in [0.4, 0.5) is 5.69 Å². The van der Waals surface area contributed by atoms with Crippen LogP contribution in [0.2, 0.25) is 5.02 Å². The highest BCUT2D eigenvalue weighted by Crippen LogP contribution is 2.37. The summed E-state index contributed by atoms with van der Waals surface area (Å²) in [5, 5.41) is 4.48. The van der Waals surface area contributed by atoms with E-state index in [9.17, 15) is 0 Å². The van der Waals surface area contributed by atoms with E-state index in [1.54, 1.807) is 0 Å². The van der Waals surface area contributed by atoms with Crippen LogP contribution < -0.4 is 5.32 Å². The number of aryl methyl sites for hydroxylation is 1. The van der Waals surface area contributed by atoms with Crippen molar-refractivity contribution in [2.24, 2.45) is 5.41 Å². The van der Waals surface area contributed by atoms with Crippen molar-refractivity contribution in [3.05, 3.63) is 28.8 Å². The topological polar surface area (TPSA) is 12.0 Å². The molecule has 0 aliphatic heterocycles. The van der Waals surface area contributed by atoms with E-state index in [1.165, 1.54) is 31.2 Å². The standard InChI is InChI=1S/C15H22ClN/c1-11-6-4-8-13(16)14(11)17-12-7-5-9-15(2,3)10-12/h4,6,8,12,17H,5,7,9-10H2,1-3H3. The van der Waals surface area contributed by atoms with Crippen molar-refractivity contribution >= 4 is 17.3 Å². The van der Waals surface area contributed by atoms with Gasteiger partial charge in [0.2, 0.25) is 0 Å². The van der Waals surface area contributed by atoms with Crippen molar-refractivity contribution in [2.45, 2.75) is 52.5 Å². The van der Waals surface area contributed by atoms with Crippen LogP contribution in [0.15, 0.2) is 18.2 Å². The Morgan fingerprint density at radius 1 is 1.35 bits per heavy atom. The molecule has 1 fully saturated rings. The minimum atomic E-state index is 0.463. The van der Waals surface area contributed by atoms with Gasteiger partial charge in [0.15, 0.2) is 0 Å². The summed E-state index contributed by atoms with van der Waals surface area (Å²) in [6.07, 6.45) is 5.15. The molecule has 0 bridgehead atoms. The van der Waals surface area contributed by atoms with Gasteiger partial charge in [-0.05, 0) is 43.2 Å². The van der Waals surface area contributed by atoms with E-state index in [1.807, 2.05) is 12.1 Å². The number of para-hydroxylation sites is 1. The van der Waals surface area contributed by atoms with Crippen molar-refractivity contribution in [3.63, 3.8) is 0 Å². The lowest BCUT2D eigenvalue weighted by Crippen LogP contribution is -2.32. The normalized spacial score (nSPS) is 23.4. The highest BCUT2D eigenvalue weighted by Gasteiger charge is 2.28. The third-order valence-corrected chi connectivity index (χ3v) is 4.09. The Labute approximate surface area is 110 Å². The van der Waals surface area contributed by atoms with Gasteiger partial charge in [-0.2, -0.15) is 0 Å². The molecule has 2 heteroatoms. The molecule has 1 aromatic carbocycles. The Morgan fingerprint density at radius 3 is 2.76 bits per heavy atom. The fourth-order valence-electron chi connectivity index (χ4n) is 2.84. The zero-order valence-corrected chi connectivity index (χ0v) is 11.8. The first-order chi connectivity index (χ1) is 7.98. The molecule has 1 atom stereocenters. The van der Waals surface area contributed by atoms with Gasteiger partial charge in [-0.25, -0.2) is 0 Å². The molecule has 0 amide bonds. The second-order valence-corrected chi connectivity index (χ2v) is 6.44. The van der Waals surface area contributed by atoms with Gasteiger partial charge in [0, 0.05) is 6.04 Å². The maximum Gasteiger partial charge on any atom is 0.0640 e. The number of benzene rings is 1. The molecule has 1 unspecified atom stereocenters. The third-order valence-electron chi connectivity index (χ3n) is 3.78. The van der Waals surface area contributed by atoms with E-state index < -0.39 is 0 Å². The van der Waals surface area contributed by atoms with Gasteiger partial charge < -0.3 is 5.32 Å². The van der Waals surface area contributed by atoms with E-state index in [0.717, 1.165) is 10.7 Å². The summed E-state index contributed by atoms with van der Waals surface area (Å²) >= 11 is 6.26. The number of nitrogens with one attached hydrogen (secondary N) is 1. The van der Waals surface area contributed by atoms with E-state index in [2.05, 4.69) is 32.2 Å². The van der Waals surface area contributed by atoms with Crippen LogP contribution in [-0.4, -0.2) is 6.04 Å². The van der Waals surface area contributed by atoms with Gasteiger partial charge in [-0.1, -0.05) is 44.0 Å². The predicted octanol–water partition coefficient (Wildman–Crippen LogP) is 5.03. The Balaban J connectivity index is 2.10. The Kier molecular flexibility index (Phi) is 3.67.